The molecule has 0 aromatic heterocycles. The van der Waals surface area contributed by atoms with Crippen LogP contribution in [0, 0.1) is 26.7 Å². The second-order valence-electron chi connectivity index (χ2n) is 5.65. The number of ketones is 1. The van der Waals surface area contributed by atoms with Gasteiger partial charge in [0.1, 0.15) is 0 Å². The smallest absolute Gasteiger partial charge is 0.306 e. The summed E-state index contributed by atoms with van der Waals surface area (Å²) in [5, 5.41) is 0. The van der Waals surface area contributed by atoms with E-state index in [0.717, 1.165) is 16.7 Å². The molecule has 1 atom stereocenters. The third-order valence-corrected chi connectivity index (χ3v) is 3.33. The van der Waals surface area contributed by atoms with Gasteiger partial charge in [0.25, 0.3) is 0 Å². The van der Waals surface area contributed by atoms with Gasteiger partial charge in [-0.25, -0.2) is 0 Å². The first-order valence-corrected chi connectivity index (χ1v) is 7.09. The Kier molecular flexibility index (Phi) is 5.49. The van der Waals surface area contributed by atoms with E-state index in [9.17, 15) is 9.59 Å². The van der Waals surface area contributed by atoms with Crippen molar-refractivity contribution in [3.63, 3.8) is 0 Å². The molecule has 0 bridgehead atoms. The summed E-state index contributed by atoms with van der Waals surface area (Å²) in [6.45, 7) is 11.4. The van der Waals surface area contributed by atoms with Crippen LogP contribution in [0.15, 0.2) is 12.1 Å². The van der Waals surface area contributed by atoms with E-state index in [1.165, 1.54) is 0 Å². The lowest BCUT2D eigenvalue weighted by Gasteiger charge is -2.22. The molecule has 0 heterocycles. The molecule has 0 aliphatic rings. The molecular formula is C17H24O3. The zero-order chi connectivity index (χ0) is 15.4. The number of carbonyl (C=O) groups excluding carboxylic acids is 2. The quantitative estimate of drug-likeness (QED) is 0.607. The van der Waals surface area contributed by atoms with Gasteiger partial charge < -0.3 is 4.74 Å². The fourth-order valence-corrected chi connectivity index (χ4v) is 2.43. The number of ether oxygens (including phenoxy) is 1. The molecular weight excluding hydrogens is 252 g/mol. The number of esters is 1. The first kappa shape index (κ1) is 16.4. The van der Waals surface area contributed by atoms with Gasteiger partial charge in [0.2, 0.25) is 5.78 Å². The fraction of sp³-hybridized carbons (Fsp3) is 0.529. The highest BCUT2D eigenvalue weighted by molar-refractivity contribution is 6.03. The molecule has 3 heteroatoms. The SMILES string of the molecule is CCC(=O)OC(C(=O)c1c(C)cc(C)cc1C)C(C)C. The standard InChI is InChI=1S/C17H24O3/c1-7-14(18)20-17(10(2)3)16(19)15-12(5)8-11(4)9-13(15)6/h8-10,17H,7H2,1-6H3. The molecule has 0 amide bonds. The molecule has 0 spiro atoms. The lowest BCUT2D eigenvalue weighted by molar-refractivity contribution is -0.148. The Bertz CT molecular complexity index is 492. The highest BCUT2D eigenvalue weighted by Crippen LogP contribution is 2.22. The normalized spacial score (nSPS) is 12.3. The average molecular weight is 276 g/mol. The van der Waals surface area contributed by atoms with Crippen molar-refractivity contribution < 1.29 is 14.3 Å². The molecule has 0 saturated heterocycles. The predicted octanol–water partition coefficient (Wildman–Crippen LogP) is 3.77. The summed E-state index contributed by atoms with van der Waals surface area (Å²) in [4.78, 5) is 24.2. The topological polar surface area (TPSA) is 43.4 Å². The molecule has 1 aromatic rings. The maximum absolute atomic E-state index is 12.7. The van der Waals surface area contributed by atoms with E-state index in [2.05, 4.69) is 0 Å². The number of benzene rings is 1. The van der Waals surface area contributed by atoms with Crippen molar-refractivity contribution in [2.75, 3.05) is 0 Å². The average Bonchev–Trinajstić information content (AvgIpc) is 2.33. The monoisotopic (exact) mass is 276 g/mol. The number of aryl methyl sites for hydroxylation is 3. The van der Waals surface area contributed by atoms with Gasteiger partial charge in [0.15, 0.2) is 6.10 Å². The van der Waals surface area contributed by atoms with Gasteiger partial charge in [-0.1, -0.05) is 38.5 Å². The third-order valence-electron chi connectivity index (χ3n) is 3.33. The van der Waals surface area contributed by atoms with Gasteiger partial charge in [0, 0.05) is 12.0 Å². The number of Topliss-reactive ketones (excluding diaryl/α,β-unsaturated/α-hetero) is 1. The van der Waals surface area contributed by atoms with Crippen LogP contribution in [0.4, 0.5) is 0 Å². The molecule has 0 N–H and O–H groups in total. The highest BCUT2D eigenvalue weighted by Gasteiger charge is 2.29. The molecule has 110 valence electrons. The van der Waals surface area contributed by atoms with Gasteiger partial charge in [-0.3, -0.25) is 9.59 Å². The largest absolute Gasteiger partial charge is 0.454 e. The Morgan fingerprint density at radius 3 is 2.00 bits per heavy atom. The van der Waals surface area contributed by atoms with Crippen LogP contribution in [0.3, 0.4) is 0 Å². The molecule has 0 radical (unpaired) electrons. The van der Waals surface area contributed by atoms with Crippen LogP contribution in [-0.2, 0) is 9.53 Å². The summed E-state index contributed by atoms with van der Waals surface area (Å²) >= 11 is 0. The van der Waals surface area contributed by atoms with Gasteiger partial charge in [-0.15, -0.1) is 0 Å². The van der Waals surface area contributed by atoms with Crippen LogP contribution in [0.25, 0.3) is 0 Å². The molecule has 0 aliphatic heterocycles. The van der Waals surface area contributed by atoms with Gasteiger partial charge in [-0.2, -0.15) is 0 Å². The highest BCUT2D eigenvalue weighted by atomic mass is 16.5. The summed E-state index contributed by atoms with van der Waals surface area (Å²) in [5.74, 6) is -0.477. The summed E-state index contributed by atoms with van der Waals surface area (Å²) in [6.07, 6.45) is -0.426. The minimum absolute atomic E-state index is 0.0434. The molecule has 0 saturated carbocycles. The number of hydrogen-bond donors (Lipinski definition) is 0. The van der Waals surface area contributed by atoms with Crippen molar-refractivity contribution in [3.05, 3.63) is 34.4 Å². The Hall–Kier alpha value is -1.64. The molecule has 1 aromatic carbocycles. The van der Waals surface area contributed by atoms with Crippen LogP contribution in [0.2, 0.25) is 0 Å². The lowest BCUT2D eigenvalue weighted by atomic mass is 9.90. The van der Waals surface area contributed by atoms with Crippen molar-refractivity contribution in [2.45, 2.75) is 54.1 Å². The summed E-state index contributed by atoms with van der Waals surface area (Å²) in [5.41, 5.74) is 3.68. The maximum atomic E-state index is 12.7. The van der Waals surface area contributed by atoms with E-state index in [0.29, 0.717) is 5.56 Å². The van der Waals surface area contributed by atoms with Gasteiger partial charge in [-0.05, 0) is 37.8 Å². The van der Waals surface area contributed by atoms with Crippen LogP contribution < -0.4 is 0 Å². The van der Waals surface area contributed by atoms with Crippen LogP contribution in [0.1, 0.15) is 54.2 Å². The van der Waals surface area contributed by atoms with Crippen molar-refractivity contribution in [3.8, 4) is 0 Å². The summed E-state index contributed by atoms with van der Waals surface area (Å²) in [7, 11) is 0. The first-order valence-electron chi connectivity index (χ1n) is 7.09. The first-order chi connectivity index (χ1) is 9.27. The molecule has 1 unspecified atom stereocenters. The van der Waals surface area contributed by atoms with Crippen molar-refractivity contribution in [1.82, 2.24) is 0 Å². The van der Waals surface area contributed by atoms with E-state index in [1.54, 1.807) is 6.92 Å². The van der Waals surface area contributed by atoms with Crippen molar-refractivity contribution >= 4 is 11.8 Å². The predicted molar refractivity (Wildman–Crippen MR) is 80.0 cm³/mol. The second kappa shape index (κ2) is 6.69. The summed E-state index contributed by atoms with van der Waals surface area (Å²) in [6, 6.07) is 3.97. The van der Waals surface area contributed by atoms with Crippen LogP contribution in [-0.4, -0.2) is 17.9 Å². The van der Waals surface area contributed by atoms with Crippen LogP contribution in [0.5, 0.6) is 0 Å². The van der Waals surface area contributed by atoms with Crippen molar-refractivity contribution in [2.24, 2.45) is 5.92 Å². The molecule has 3 nitrogen and oxygen atoms in total. The van der Waals surface area contributed by atoms with E-state index in [1.807, 2.05) is 46.8 Å². The van der Waals surface area contributed by atoms with E-state index in [-0.39, 0.29) is 24.1 Å². The number of carbonyl (C=O) groups is 2. The molecule has 0 fully saturated rings. The number of rotatable bonds is 5. The third kappa shape index (κ3) is 3.69. The molecule has 1 rings (SSSR count). The molecule has 20 heavy (non-hydrogen) atoms. The zero-order valence-corrected chi connectivity index (χ0v) is 13.2. The second-order valence-corrected chi connectivity index (χ2v) is 5.65. The Balaban J connectivity index is 3.16. The zero-order valence-electron chi connectivity index (χ0n) is 13.2. The lowest BCUT2D eigenvalue weighted by Crippen LogP contribution is -2.33. The summed E-state index contributed by atoms with van der Waals surface area (Å²) < 4.78 is 5.33. The maximum Gasteiger partial charge on any atom is 0.306 e. The molecule has 0 aliphatic carbocycles. The van der Waals surface area contributed by atoms with Crippen molar-refractivity contribution in [1.29, 1.82) is 0 Å². The van der Waals surface area contributed by atoms with E-state index >= 15 is 0 Å². The Labute approximate surface area is 121 Å². The van der Waals surface area contributed by atoms with E-state index < -0.39 is 6.10 Å². The Morgan fingerprint density at radius 2 is 1.60 bits per heavy atom. The van der Waals surface area contributed by atoms with E-state index in [4.69, 9.17) is 4.74 Å². The minimum atomic E-state index is -0.706. The number of hydrogen-bond acceptors (Lipinski definition) is 3. The van der Waals surface area contributed by atoms with Crippen LogP contribution >= 0.6 is 0 Å². The fourth-order valence-electron chi connectivity index (χ4n) is 2.43. The van der Waals surface area contributed by atoms with Gasteiger partial charge >= 0.3 is 5.97 Å². The Morgan fingerprint density at radius 1 is 1.10 bits per heavy atom. The van der Waals surface area contributed by atoms with Gasteiger partial charge in [0.05, 0.1) is 0 Å². The minimum Gasteiger partial charge on any atom is -0.454 e.